The SMILES string of the molecule is Cn1nc(C(=O)NCC(O)c2ccccc2)c(=O)c2cc(F)ccc21. The van der Waals surface area contributed by atoms with Crippen molar-refractivity contribution >= 4 is 16.8 Å². The lowest BCUT2D eigenvalue weighted by atomic mass is 10.1. The van der Waals surface area contributed by atoms with Crippen molar-refractivity contribution < 1.29 is 14.3 Å². The highest BCUT2D eigenvalue weighted by Crippen LogP contribution is 2.12. The number of hydrogen-bond acceptors (Lipinski definition) is 4. The molecule has 25 heavy (non-hydrogen) atoms. The van der Waals surface area contributed by atoms with Crippen LogP contribution in [0.1, 0.15) is 22.2 Å². The van der Waals surface area contributed by atoms with Crippen molar-refractivity contribution in [1.82, 2.24) is 15.1 Å². The van der Waals surface area contributed by atoms with Crippen LogP contribution in [0, 0.1) is 5.82 Å². The fourth-order valence-corrected chi connectivity index (χ4v) is 2.56. The standard InChI is InChI=1S/C18H16FN3O3/c1-22-14-8-7-12(19)9-13(14)17(24)16(21-22)18(25)20-10-15(23)11-5-3-2-4-6-11/h2-9,15,23H,10H2,1H3,(H,20,25). The van der Waals surface area contributed by atoms with Crippen molar-refractivity contribution in [3.8, 4) is 0 Å². The number of aliphatic hydroxyl groups is 1. The molecule has 0 fully saturated rings. The van der Waals surface area contributed by atoms with Crippen molar-refractivity contribution in [2.24, 2.45) is 7.05 Å². The third-order valence-corrected chi connectivity index (χ3v) is 3.87. The number of halogens is 1. The van der Waals surface area contributed by atoms with Crippen LogP contribution in [0.2, 0.25) is 0 Å². The van der Waals surface area contributed by atoms with Gasteiger partial charge in [0.05, 0.1) is 17.0 Å². The van der Waals surface area contributed by atoms with E-state index in [1.807, 2.05) is 6.07 Å². The summed E-state index contributed by atoms with van der Waals surface area (Å²) in [5, 5.41) is 16.6. The summed E-state index contributed by atoms with van der Waals surface area (Å²) in [7, 11) is 1.56. The maximum atomic E-state index is 13.4. The minimum atomic E-state index is -0.910. The number of fused-ring (bicyclic) bond motifs is 1. The molecule has 3 aromatic rings. The molecular weight excluding hydrogens is 325 g/mol. The molecule has 0 aliphatic carbocycles. The van der Waals surface area contributed by atoms with Gasteiger partial charge in [0.15, 0.2) is 5.69 Å². The monoisotopic (exact) mass is 341 g/mol. The first kappa shape index (κ1) is 16.8. The summed E-state index contributed by atoms with van der Waals surface area (Å²) in [4.78, 5) is 24.7. The fraction of sp³-hybridized carbons (Fsp3) is 0.167. The number of nitrogens with one attached hydrogen (secondary N) is 1. The summed E-state index contributed by atoms with van der Waals surface area (Å²) in [5.74, 6) is -1.29. The van der Waals surface area contributed by atoms with Crippen molar-refractivity contribution in [1.29, 1.82) is 0 Å². The Morgan fingerprint density at radius 3 is 2.72 bits per heavy atom. The molecule has 1 heterocycles. The highest BCUT2D eigenvalue weighted by Gasteiger charge is 2.18. The van der Waals surface area contributed by atoms with Crippen LogP contribution in [-0.4, -0.2) is 27.3 Å². The molecule has 0 saturated carbocycles. The second-order valence-electron chi connectivity index (χ2n) is 5.60. The number of aryl methyl sites for hydroxylation is 1. The van der Waals surface area contributed by atoms with E-state index in [0.717, 1.165) is 6.07 Å². The predicted molar refractivity (Wildman–Crippen MR) is 90.7 cm³/mol. The molecule has 7 heteroatoms. The van der Waals surface area contributed by atoms with E-state index in [1.54, 1.807) is 31.3 Å². The van der Waals surface area contributed by atoms with Crippen LogP contribution in [0.4, 0.5) is 4.39 Å². The zero-order chi connectivity index (χ0) is 18.0. The van der Waals surface area contributed by atoms with Crippen LogP contribution < -0.4 is 10.7 Å². The van der Waals surface area contributed by atoms with Gasteiger partial charge in [-0.25, -0.2) is 4.39 Å². The lowest BCUT2D eigenvalue weighted by Gasteiger charge is -2.12. The molecule has 1 atom stereocenters. The molecule has 6 nitrogen and oxygen atoms in total. The van der Waals surface area contributed by atoms with Gasteiger partial charge in [-0.05, 0) is 23.8 Å². The van der Waals surface area contributed by atoms with Crippen LogP contribution in [0.15, 0.2) is 53.3 Å². The molecule has 0 aliphatic rings. The molecule has 2 aromatic carbocycles. The maximum absolute atomic E-state index is 13.4. The van der Waals surface area contributed by atoms with Crippen molar-refractivity contribution in [3.05, 3.63) is 75.8 Å². The molecule has 0 saturated heterocycles. The number of aromatic nitrogens is 2. The number of carbonyl (C=O) groups excluding carboxylic acids is 1. The highest BCUT2D eigenvalue weighted by atomic mass is 19.1. The number of rotatable bonds is 4. The average Bonchev–Trinajstić information content (AvgIpc) is 2.63. The van der Waals surface area contributed by atoms with Gasteiger partial charge in [0.25, 0.3) is 5.91 Å². The minimum absolute atomic E-state index is 0.0745. The number of hydrogen-bond donors (Lipinski definition) is 2. The zero-order valence-electron chi connectivity index (χ0n) is 13.4. The van der Waals surface area contributed by atoms with Crippen molar-refractivity contribution in [3.63, 3.8) is 0 Å². The molecule has 1 unspecified atom stereocenters. The Hall–Kier alpha value is -3.06. The van der Waals surface area contributed by atoms with E-state index in [9.17, 15) is 19.1 Å². The summed E-state index contributed by atoms with van der Waals surface area (Å²) in [6.07, 6.45) is -0.910. The summed E-state index contributed by atoms with van der Waals surface area (Å²) < 4.78 is 14.8. The Labute approximate surface area is 142 Å². The zero-order valence-corrected chi connectivity index (χ0v) is 13.4. The van der Waals surface area contributed by atoms with Gasteiger partial charge in [0, 0.05) is 13.6 Å². The van der Waals surface area contributed by atoms with Gasteiger partial charge in [-0.3, -0.25) is 14.3 Å². The topological polar surface area (TPSA) is 84.2 Å². The Kier molecular flexibility index (Phi) is 4.58. The maximum Gasteiger partial charge on any atom is 0.275 e. The first-order valence-electron chi connectivity index (χ1n) is 7.65. The van der Waals surface area contributed by atoms with E-state index in [2.05, 4.69) is 10.4 Å². The third kappa shape index (κ3) is 3.41. The number of aliphatic hydroxyl groups excluding tert-OH is 1. The smallest absolute Gasteiger partial charge is 0.275 e. The van der Waals surface area contributed by atoms with E-state index in [0.29, 0.717) is 11.1 Å². The van der Waals surface area contributed by atoms with Gasteiger partial charge in [0.2, 0.25) is 5.43 Å². The molecule has 1 aromatic heterocycles. The van der Waals surface area contributed by atoms with Crippen molar-refractivity contribution in [2.75, 3.05) is 6.54 Å². The second-order valence-corrected chi connectivity index (χ2v) is 5.60. The highest BCUT2D eigenvalue weighted by molar-refractivity contribution is 5.95. The Morgan fingerprint density at radius 2 is 2.00 bits per heavy atom. The molecule has 0 bridgehead atoms. The fourth-order valence-electron chi connectivity index (χ4n) is 2.56. The lowest BCUT2D eigenvalue weighted by molar-refractivity contribution is 0.0908. The minimum Gasteiger partial charge on any atom is -0.387 e. The Morgan fingerprint density at radius 1 is 1.28 bits per heavy atom. The second kappa shape index (κ2) is 6.82. The summed E-state index contributed by atoms with van der Waals surface area (Å²) in [5.41, 5.74) is 0.0664. The molecule has 128 valence electrons. The molecule has 0 aliphatic heterocycles. The van der Waals surface area contributed by atoms with Crippen LogP contribution in [-0.2, 0) is 7.05 Å². The number of nitrogens with zero attached hydrogens (tertiary/aromatic N) is 2. The van der Waals surface area contributed by atoms with E-state index < -0.39 is 23.3 Å². The van der Waals surface area contributed by atoms with E-state index >= 15 is 0 Å². The largest absolute Gasteiger partial charge is 0.387 e. The van der Waals surface area contributed by atoms with E-state index in [4.69, 9.17) is 0 Å². The third-order valence-electron chi connectivity index (χ3n) is 3.87. The lowest BCUT2D eigenvalue weighted by Crippen LogP contribution is -2.34. The summed E-state index contributed by atoms with van der Waals surface area (Å²) in [6.45, 7) is -0.0745. The van der Waals surface area contributed by atoms with Gasteiger partial charge < -0.3 is 10.4 Å². The molecule has 2 N–H and O–H groups in total. The van der Waals surface area contributed by atoms with Gasteiger partial charge in [0.1, 0.15) is 5.82 Å². The Bertz CT molecular complexity index is 986. The number of carbonyl (C=O) groups is 1. The van der Waals surface area contributed by atoms with E-state index in [-0.39, 0.29) is 17.6 Å². The van der Waals surface area contributed by atoms with Crippen LogP contribution in [0.3, 0.4) is 0 Å². The van der Waals surface area contributed by atoms with Gasteiger partial charge in [-0.2, -0.15) is 5.10 Å². The summed E-state index contributed by atoms with van der Waals surface area (Å²) >= 11 is 0. The Balaban J connectivity index is 1.85. The first-order valence-corrected chi connectivity index (χ1v) is 7.65. The molecule has 0 radical (unpaired) electrons. The van der Waals surface area contributed by atoms with Crippen LogP contribution in [0.5, 0.6) is 0 Å². The van der Waals surface area contributed by atoms with E-state index in [1.165, 1.54) is 16.8 Å². The van der Waals surface area contributed by atoms with Crippen molar-refractivity contribution in [2.45, 2.75) is 6.10 Å². The van der Waals surface area contributed by atoms with Gasteiger partial charge >= 0.3 is 0 Å². The van der Waals surface area contributed by atoms with Crippen LogP contribution in [0.25, 0.3) is 10.9 Å². The summed E-state index contributed by atoms with van der Waals surface area (Å²) in [6, 6.07) is 12.6. The normalized spacial score (nSPS) is 12.1. The van der Waals surface area contributed by atoms with Gasteiger partial charge in [-0.1, -0.05) is 30.3 Å². The molecule has 0 spiro atoms. The molecule has 1 amide bonds. The average molecular weight is 341 g/mol. The molecular formula is C18H16FN3O3. The first-order chi connectivity index (χ1) is 12.0. The quantitative estimate of drug-likeness (QED) is 0.754. The predicted octanol–water partition coefficient (Wildman–Crippen LogP) is 1.54. The molecule has 3 rings (SSSR count). The van der Waals surface area contributed by atoms with Crippen LogP contribution >= 0.6 is 0 Å². The number of benzene rings is 2. The number of amides is 1. The van der Waals surface area contributed by atoms with Gasteiger partial charge in [-0.15, -0.1) is 0 Å².